The van der Waals surface area contributed by atoms with Gasteiger partial charge in [0.25, 0.3) is 0 Å². The Kier molecular flexibility index (Phi) is 2.44. The van der Waals surface area contributed by atoms with Gasteiger partial charge in [0, 0.05) is 22.2 Å². The molecule has 0 saturated carbocycles. The fraction of sp³-hybridized carbons (Fsp3) is 0.250. The Morgan fingerprint density at radius 1 is 1.38 bits per heavy atom. The van der Waals surface area contributed by atoms with Crippen LogP contribution >= 0.6 is 0 Å². The molecule has 0 amide bonds. The van der Waals surface area contributed by atoms with Crippen molar-refractivity contribution in [2.24, 2.45) is 0 Å². The Labute approximate surface area is 92.5 Å². The quantitative estimate of drug-likeness (QED) is 0.722. The number of aliphatic hydroxyl groups excluding tert-OH is 1. The molecule has 0 aliphatic rings. The molecule has 84 valence electrons. The van der Waals surface area contributed by atoms with Crippen molar-refractivity contribution in [1.82, 2.24) is 4.98 Å². The molecule has 0 radical (unpaired) electrons. The topological polar surface area (TPSA) is 73.3 Å². The molecule has 1 unspecified atom stereocenters. The number of aromatic nitrogens is 1. The normalized spacial score (nSPS) is 12.9. The number of aliphatic hydroxyl groups is 1. The van der Waals surface area contributed by atoms with E-state index in [-0.39, 0.29) is 0 Å². The minimum atomic E-state index is -1.48. The van der Waals surface area contributed by atoms with Gasteiger partial charge in [-0.05, 0) is 25.5 Å². The van der Waals surface area contributed by atoms with E-state index < -0.39 is 12.1 Å². The number of carboxylic acid groups (broad SMARTS) is 1. The number of aromatic amines is 1. The van der Waals surface area contributed by atoms with Crippen LogP contribution in [0.3, 0.4) is 0 Å². The summed E-state index contributed by atoms with van der Waals surface area (Å²) in [6.45, 7) is 3.66. The zero-order valence-electron chi connectivity index (χ0n) is 9.11. The highest BCUT2D eigenvalue weighted by molar-refractivity contribution is 5.92. The molecule has 4 nitrogen and oxygen atoms in total. The predicted molar refractivity (Wildman–Crippen MR) is 60.4 cm³/mol. The molecule has 1 aromatic heterocycles. The molecular formula is C12H13NO3. The highest BCUT2D eigenvalue weighted by atomic mass is 16.4. The molecule has 1 atom stereocenters. The average molecular weight is 219 g/mol. The first-order valence-corrected chi connectivity index (χ1v) is 5.01. The third kappa shape index (κ3) is 1.47. The zero-order valence-corrected chi connectivity index (χ0v) is 9.11. The first kappa shape index (κ1) is 10.7. The van der Waals surface area contributed by atoms with E-state index in [1.807, 2.05) is 25.1 Å². The van der Waals surface area contributed by atoms with Gasteiger partial charge in [-0.25, -0.2) is 4.79 Å². The number of nitrogens with one attached hydrogen (secondary N) is 1. The maximum Gasteiger partial charge on any atom is 0.337 e. The number of fused-ring (bicyclic) bond motifs is 1. The molecule has 3 N–H and O–H groups in total. The molecule has 4 heteroatoms. The maximum atomic E-state index is 10.8. The summed E-state index contributed by atoms with van der Waals surface area (Å²) in [6.07, 6.45) is -1.48. The molecule has 0 bridgehead atoms. The van der Waals surface area contributed by atoms with Crippen molar-refractivity contribution < 1.29 is 15.0 Å². The summed E-state index contributed by atoms with van der Waals surface area (Å²) in [7, 11) is 0. The summed E-state index contributed by atoms with van der Waals surface area (Å²) in [4.78, 5) is 13.9. The van der Waals surface area contributed by atoms with Gasteiger partial charge >= 0.3 is 5.97 Å². The smallest absolute Gasteiger partial charge is 0.337 e. The number of carboxylic acids is 1. The molecule has 1 aromatic carbocycles. The zero-order chi connectivity index (χ0) is 11.9. The summed E-state index contributed by atoms with van der Waals surface area (Å²) in [5.41, 5.74) is 2.96. The van der Waals surface area contributed by atoms with Gasteiger partial charge in [0.1, 0.15) is 0 Å². The average Bonchev–Trinajstić information content (AvgIpc) is 2.54. The van der Waals surface area contributed by atoms with Crippen LogP contribution < -0.4 is 0 Å². The number of aliphatic carboxylic acids is 1. The molecule has 0 saturated heterocycles. The van der Waals surface area contributed by atoms with Gasteiger partial charge in [-0.3, -0.25) is 0 Å². The predicted octanol–water partition coefficient (Wildman–Crippen LogP) is 1.90. The van der Waals surface area contributed by atoms with Crippen LogP contribution in [0.1, 0.15) is 22.9 Å². The van der Waals surface area contributed by atoms with E-state index in [0.29, 0.717) is 11.3 Å². The fourth-order valence-electron chi connectivity index (χ4n) is 2.05. The highest BCUT2D eigenvalue weighted by Gasteiger charge is 2.23. The van der Waals surface area contributed by atoms with Gasteiger partial charge in [0.15, 0.2) is 6.10 Å². The first-order valence-electron chi connectivity index (χ1n) is 5.01. The van der Waals surface area contributed by atoms with Crippen LogP contribution in [0.25, 0.3) is 10.9 Å². The second-order valence-corrected chi connectivity index (χ2v) is 3.90. The van der Waals surface area contributed by atoms with E-state index in [9.17, 15) is 9.90 Å². The van der Waals surface area contributed by atoms with E-state index in [4.69, 9.17) is 5.11 Å². The van der Waals surface area contributed by atoms with Crippen molar-refractivity contribution in [3.05, 3.63) is 35.0 Å². The van der Waals surface area contributed by atoms with Crippen molar-refractivity contribution in [3.63, 3.8) is 0 Å². The number of rotatable bonds is 2. The van der Waals surface area contributed by atoms with E-state index in [1.165, 1.54) is 0 Å². The second kappa shape index (κ2) is 3.64. The van der Waals surface area contributed by atoms with Crippen molar-refractivity contribution in [2.75, 3.05) is 0 Å². The second-order valence-electron chi connectivity index (χ2n) is 3.90. The SMILES string of the molecule is Cc1[nH]c2cccc(C)c2c1C(O)C(=O)O. The molecule has 2 rings (SSSR count). The van der Waals surface area contributed by atoms with Crippen molar-refractivity contribution in [1.29, 1.82) is 0 Å². The lowest BCUT2D eigenvalue weighted by atomic mass is 10.0. The summed E-state index contributed by atoms with van der Waals surface area (Å²) >= 11 is 0. The number of hydrogen-bond acceptors (Lipinski definition) is 2. The molecule has 0 aliphatic heterocycles. The Hall–Kier alpha value is -1.81. The lowest BCUT2D eigenvalue weighted by Gasteiger charge is -2.07. The largest absolute Gasteiger partial charge is 0.479 e. The van der Waals surface area contributed by atoms with Gasteiger partial charge in [-0.15, -0.1) is 0 Å². The van der Waals surface area contributed by atoms with Crippen LogP contribution in [0, 0.1) is 13.8 Å². The van der Waals surface area contributed by atoms with Gasteiger partial charge in [0.2, 0.25) is 0 Å². The van der Waals surface area contributed by atoms with Crippen LogP contribution in [0.4, 0.5) is 0 Å². The van der Waals surface area contributed by atoms with E-state index in [0.717, 1.165) is 16.5 Å². The van der Waals surface area contributed by atoms with Crippen molar-refractivity contribution in [2.45, 2.75) is 20.0 Å². The molecule has 0 aliphatic carbocycles. The van der Waals surface area contributed by atoms with Crippen LogP contribution in [0.15, 0.2) is 18.2 Å². The molecule has 0 fully saturated rings. The molecule has 2 aromatic rings. The minimum absolute atomic E-state index is 0.459. The van der Waals surface area contributed by atoms with Gasteiger partial charge in [-0.1, -0.05) is 12.1 Å². The Bertz CT molecular complexity index is 557. The number of hydrogen-bond donors (Lipinski definition) is 3. The lowest BCUT2D eigenvalue weighted by Crippen LogP contribution is -2.11. The first-order chi connectivity index (χ1) is 7.52. The molecule has 0 spiro atoms. The van der Waals surface area contributed by atoms with E-state index >= 15 is 0 Å². The van der Waals surface area contributed by atoms with Crippen LogP contribution in [-0.4, -0.2) is 21.2 Å². The third-order valence-corrected chi connectivity index (χ3v) is 2.78. The molecular weight excluding hydrogens is 206 g/mol. The van der Waals surface area contributed by atoms with E-state index in [2.05, 4.69) is 4.98 Å². The van der Waals surface area contributed by atoms with Crippen LogP contribution in [0.2, 0.25) is 0 Å². The molecule has 1 heterocycles. The number of H-pyrrole nitrogens is 1. The summed E-state index contributed by atoms with van der Waals surface area (Å²) in [5, 5.41) is 19.3. The number of aryl methyl sites for hydroxylation is 2. The maximum absolute atomic E-state index is 10.8. The van der Waals surface area contributed by atoms with Crippen molar-refractivity contribution >= 4 is 16.9 Å². The van der Waals surface area contributed by atoms with E-state index in [1.54, 1.807) is 6.92 Å². The van der Waals surface area contributed by atoms with Crippen LogP contribution in [-0.2, 0) is 4.79 Å². The molecule has 16 heavy (non-hydrogen) atoms. The lowest BCUT2D eigenvalue weighted by molar-refractivity contribution is -0.146. The van der Waals surface area contributed by atoms with Gasteiger partial charge in [0.05, 0.1) is 0 Å². The summed E-state index contributed by atoms with van der Waals surface area (Å²) in [5.74, 6) is -1.23. The minimum Gasteiger partial charge on any atom is -0.479 e. The fourth-order valence-corrected chi connectivity index (χ4v) is 2.05. The summed E-state index contributed by atoms with van der Waals surface area (Å²) in [6, 6.07) is 5.66. The standard InChI is InChI=1S/C12H13NO3/c1-6-4-3-5-8-9(6)10(7(2)13-8)11(14)12(15)16/h3-5,11,13-14H,1-2H3,(H,15,16). The Balaban J connectivity index is 2.77. The Morgan fingerprint density at radius 3 is 2.69 bits per heavy atom. The number of benzene rings is 1. The summed E-state index contributed by atoms with van der Waals surface area (Å²) < 4.78 is 0. The number of carbonyl (C=O) groups is 1. The van der Waals surface area contributed by atoms with Gasteiger partial charge < -0.3 is 15.2 Å². The highest BCUT2D eigenvalue weighted by Crippen LogP contribution is 2.30. The third-order valence-electron chi connectivity index (χ3n) is 2.78. The monoisotopic (exact) mass is 219 g/mol. The Morgan fingerprint density at radius 2 is 2.06 bits per heavy atom. The van der Waals surface area contributed by atoms with Gasteiger partial charge in [-0.2, -0.15) is 0 Å². The van der Waals surface area contributed by atoms with Crippen molar-refractivity contribution in [3.8, 4) is 0 Å². The van der Waals surface area contributed by atoms with Crippen LogP contribution in [0.5, 0.6) is 0 Å².